The molecule has 0 aromatic rings. The summed E-state index contributed by atoms with van der Waals surface area (Å²) < 4.78 is 5.14. The molecule has 2 atom stereocenters. The number of nitrogens with zero attached hydrogens (tertiary/aromatic N) is 1. The van der Waals surface area contributed by atoms with Gasteiger partial charge in [0.25, 0.3) is 0 Å². The smallest absolute Gasteiger partial charge is 0.308 e. The van der Waals surface area contributed by atoms with Crippen LogP contribution >= 0.6 is 24.0 Å². The summed E-state index contributed by atoms with van der Waals surface area (Å²) in [5.41, 5.74) is 0. The lowest BCUT2D eigenvalue weighted by molar-refractivity contribution is -0.149. The molecule has 0 aliphatic heterocycles. The zero-order chi connectivity index (χ0) is 16.7. The van der Waals surface area contributed by atoms with Crippen molar-refractivity contribution in [2.75, 3.05) is 13.2 Å². The number of guanidine groups is 1. The number of ether oxygens (including phenoxy) is 1. The van der Waals surface area contributed by atoms with Crippen LogP contribution in [0.3, 0.4) is 0 Å². The maximum absolute atomic E-state index is 11.8. The highest BCUT2D eigenvalue weighted by Gasteiger charge is 2.37. The Labute approximate surface area is 163 Å². The zero-order valence-electron chi connectivity index (χ0n) is 15.3. The molecule has 0 aromatic carbocycles. The molecule has 6 heteroatoms. The van der Waals surface area contributed by atoms with Crippen molar-refractivity contribution in [3.8, 4) is 0 Å². The van der Waals surface area contributed by atoms with Crippen LogP contribution in [0.5, 0.6) is 0 Å². The van der Waals surface area contributed by atoms with Crippen molar-refractivity contribution in [2.24, 2.45) is 16.8 Å². The molecule has 5 nitrogen and oxygen atoms in total. The summed E-state index contributed by atoms with van der Waals surface area (Å²) in [6, 6.07) is 1.02. The number of carbonyl (C=O) groups is 1. The van der Waals surface area contributed by atoms with E-state index >= 15 is 0 Å². The normalized spacial score (nSPS) is 29.4. The Hall–Kier alpha value is -0.530. The molecule has 2 aliphatic rings. The van der Waals surface area contributed by atoms with E-state index in [9.17, 15) is 4.79 Å². The van der Waals surface area contributed by atoms with E-state index in [1.165, 1.54) is 19.3 Å². The number of hydrogen-bond donors (Lipinski definition) is 2. The van der Waals surface area contributed by atoms with Crippen LogP contribution in [0, 0.1) is 11.8 Å². The molecule has 0 radical (unpaired) electrons. The lowest BCUT2D eigenvalue weighted by Crippen LogP contribution is -2.46. The molecule has 0 bridgehead atoms. The number of halogens is 1. The minimum absolute atomic E-state index is 0. The second kappa shape index (κ2) is 11.2. The first-order chi connectivity index (χ1) is 11.2. The Morgan fingerprint density at radius 1 is 1.12 bits per heavy atom. The highest BCUT2D eigenvalue weighted by atomic mass is 127. The molecule has 0 aromatic heterocycles. The van der Waals surface area contributed by atoms with Crippen molar-refractivity contribution in [1.29, 1.82) is 0 Å². The van der Waals surface area contributed by atoms with Gasteiger partial charge >= 0.3 is 5.97 Å². The lowest BCUT2D eigenvalue weighted by Gasteiger charge is -2.29. The molecular formula is C18H34IN3O2. The molecule has 2 unspecified atom stereocenters. The highest BCUT2D eigenvalue weighted by molar-refractivity contribution is 14.0. The van der Waals surface area contributed by atoms with Crippen molar-refractivity contribution < 1.29 is 9.53 Å². The predicted molar refractivity (Wildman–Crippen MR) is 109 cm³/mol. The van der Waals surface area contributed by atoms with Gasteiger partial charge in [0.05, 0.1) is 12.5 Å². The maximum atomic E-state index is 11.8. The summed E-state index contributed by atoms with van der Waals surface area (Å²) in [4.78, 5) is 16.4. The van der Waals surface area contributed by atoms with Crippen LogP contribution < -0.4 is 10.6 Å². The molecule has 140 valence electrons. The zero-order valence-corrected chi connectivity index (χ0v) is 17.7. The average Bonchev–Trinajstić information content (AvgIpc) is 3.26. The van der Waals surface area contributed by atoms with E-state index in [1.54, 1.807) is 0 Å². The number of rotatable bonds is 7. The van der Waals surface area contributed by atoms with Gasteiger partial charge in [0.2, 0.25) is 0 Å². The number of hydrogen-bond acceptors (Lipinski definition) is 3. The second-order valence-electron chi connectivity index (χ2n) is 6.80. The van der Waals surface area contributed by atoms with Gasteiger partial charge in [-0.2, -0.15) is 0 Å². The fourth-order valence-electron chi connectivity index (χ4n) is 3.51. The van der Waals surface area contributed by atoms with E-state index in [-0.39, 0.29) is 35.9 Å². The Bertz CT molecular complexity index is 409. The van der Waals surface area contributed by atoms with Crippen LogP contribution in [-0.4, -0.2) is 37.2 Å². The number of esters is 1. The Kier molecular flexibility index (Phi) is 10.0. The fraction of sp³-hybridized carbons (Fsp3) is 0.889. The molecule has 0 heterocycles. The molecule has 2 saturated carbocycles. The Morgan fingerprint density at radius 3 is 2.42 bits per heavy atom. The van der Waals surface area contributed by atoms with Gasteiger partial charge in [0.1, 0.15) is 0 Å². The Balaban J connectivity index is 0.00000288. The van der Waals surface area contributed by atoms with Gasteiger partial charge < -0.3 is 15.4 Å². The van der Waals surface area contributed by atoms with Gasteiger partial charge in [0.15, 0.2) is 5.96 Å². The standard InChI is InChI=1S/C18H33N3O2.HI/c1-4-7-14-12-16(14)21-18(19-5-2)20-15-10-8-13(9-11-15)17(22)23-6-3;/h13-16H,4-12H2,1-3H3,(H2,19,20,21);1H. The van der Waals surface area contributed by atoms with Crippen molar-refractivity contribution >= 4 is 35.9 Å². The van der Waals surface area contributed by atoms with Crippen molar-refractivity contribution in [3.05, 3.63) is 0 Å². The van der Waals surface area contributed by atoms with Crippen LogP contribution in [0.2, 0.25) is 0 Å². The summed E-state index contributed by atoms with van der Waals surface area (Å²) in [5.74, 6) is 1.84. The van der Waals surface area contributed by atoms with Gasteiger partial charge in [0, 0.05) is 18.6 Å². The molecule has 2 N–H and O–H groups in total. The largest absolute Gasteiger partial charge is 0.466 e. The molecule has 2 aliphatic carbocycles. The highest BCUT2D eigenvalue weighted by Crippen LogP contribution is 2.34. The second-order valence-corrected chi connectivity index (χ2v) is 6.80. The third-order valence-corrected chi connectivity index (χ3v) is 4.91. The first kappa shape index (κ1) is 21.5. The van der Waals surface area contributed by atoms with E-state index in [1.807, 2.05) is 6.92 Å². The topological polar surface area (TPSA) is 62.7 Å². The van der Waals surface area contributed by atoms with E-state index in [4.69, 9.17) is 4.74 Å². The minimum Gasteiger partial charge on any atom is -0.466 e. The summed E-state index contributed by atoms with van der Waals surface area (Å²) >= 11 is 0. The van der Waals surface area contributed by atoms with E-state index < -0.39 is 0 Å². The van der Waals surface area contributed by atoms with E-state index in [2.05, 4.69) is 29.5 Å². The summed E-state index contributed by atoms with van der Waals surface area (Å²) in [6.45, 7) is 7.45. The Morgan fingerprint density at radius 2 is 1.83 bits per heavy atom. The minimum atomic E-state index is -0.0214. The third kappa shape index (κ3) is 6.76. The van der Waals surface area contributed by atoms with Crippen molar-refractivity contribution in [1.82, 2.24) is 10.6 Å². The fourth-order valence-corrected chi connectivity index (χ4v) is 3.51. The molecule has 2 fully saturated rings. The van der Waals surface area contributed by atoms with Crippen molar-refractivity contribution in [2.45, 2.75) is 77.8 Å². The summed E-state index contributed by atoms with van der Waals surface area (Å²) in [6.07, 6.45) is 7.69. The van der Waals surface area contributed by atoms with Gasteiger partial charge in [-0.3, -0.25) is 9.79 Å². The van der Waals surface area contributed by atoms with Gasteiger partial charge in [-0.05, 0) is 58.3 Å². The van der Waals surface area contributed by atoms with Crippen LogP contribution in [0.25, 0.3) is 0 Å². The molecule has 2 rings (SSSR count). The first-order valence-electron chi connectivity index (χ1n) is 9.42. The molecule has 0 spiro atoms. The number of nitrogens with one attached hydrogen (secondary N) is 2. The lowest BCUT2D eigenvalue weighted by atomic mass is 9.86. The van der Waals surface area contributed by atoms with Crippen LogP contribution in [0.15, 0.2) is 4.99 Å². The molecule has 24 heavy (non-hydrogen) atoms. The predicted octanol–water partition coefficient (Wildman–Crippen LogP) is 3.47. The first-order valence-corrected chi connectivity index (χ1v) is 9.42. The maximum Gasteiger partial charge on any atom is 0.308 e. The third-order valence-electron chi connectivity index (χ3n) is 4.91. The number of carbonyl (C=O) groups excluding carboxylic acids is 1. The average molecular weight is 451 g/mol. The van der Waals surface area contributed by atoms with E-state index in [0.717, 1.165) is 44.1 Å². The van der Waals surface area contributed by atoms with Crippen molar-refractivity contribution in [3.63, 3.8) is 0 Å². The monoisotopic (exact) mass is 451 g/mol. The molecule has 0 amide bonds. The SMILES string of the molecule is CCCC1CC1NC(=NCC)NC1CCC(C(=O)OCC)CC1.I. The molecule has 0 saturated heterocycles. The van der Waals surface area contributed by atoms with Crippen LogP contribution in [0.1, 0.15) is 65.7 Å². The van der Waals surface area contributed by atoms with Gasteiger partial charge in [-0.25, -0.2) is 0 Å². The number of aliphatic imine (C=N–C) groups is 1. The van der Waals surface area contributed by atoms with Gasteiger partial charge in [-0.15, -0.1) is 24.0 Å². The van der Waals surface area contributed by atoms with Gasteiger partial charge in [-0.1, -0.05) is 13.3 Å². The van der Waals surface area contributed by atoms with Crippen LogP contribution in [-0.2, 0) is 9.53 Å². The summed E-state index contributed by atoms with van der Waals surface area (Å²) in [5, 5.41) is 7.14. The molecular weight excluding hydrogens is 417 g/mol. The van der Waals surface area contributed by atoms with Crippen LogP contribution in [0.4, 0.5) is 0 Å². The summed E-state index contributed by atoms with van der Waals surface area (Å²) in [7, 11) is 0. The van der Waals surface area contributed by atoms with E-state index in [0.29, 0.717) is 18.7 Å². The quantitative estimate of drug-likeness (QED) is 0.269.